The Kier molecular flexibility index (Phi) is 5.27. The van der Waals surface area contributed by atoms with Crippen LogP contribution in [0.25, 0.3) is 10.9 Å². The van der Waals surface area contributed by atoms with Gasteiger partial charge in [-0.05, 0) is 18.9 Å². The summed E-state index contributed by atoms with van der Waals surface area (Å²) in [6, 6.07) is 9.75. The number of hydrogen-bond acceptors (Lipinski definition) is 5. The first-order valence-electron chi connectivity index (χ1n) is 6.84. The van der Waals surface area contributed by atoms with Gasteiger partial charge in [0.1, 0.15) is 6.07 Å². The lowest BCUT2D eigenvalue weighted by atomic mass is 10.1. The predicted molar refractivity (Wildman–Crippen MR) is 78.5 cm³/mol. The normalized spacial score (nSPS) is 10.4. The molecule has 0 radical (unpaired) electrons. The van der Waals surface area contributed by atoms with Crippen molar-refractivity contribution in [2.45, 2.75) is 19.8 Å². The molecule has 1 N–H and O–H groups in total. The van der Waals surface area contributed by atoms with E-state index in [1.54, 1.807) is 0 Å². The Labute approximate surface area is 118 Å². The van der Waals surface area contributed by atoms with Gasteiger partial charge in [-0.3, -0.25) is 0 Å². The van der Waals surface area contributed by atoms with Gasteiger partial charge in [-0.2, -0.15) is 5.26 Å². The van der Waals surface area contributed by atoms with Crippen molar-refractivity contribution in [3.05, 3.63) is 30.0 Å². The number of nitriles is 1. The van der Waals surface area contributed by atoms with Gasteiger partial charge in [0.15, 0.2) is 5.69 Å². The third kappa shape index (κ3) is 3.43. The maximum absolute atomic E-state index is 9.13. The predicted octanol–water partition coefficient (Wildman–Crippen LogP) is 2.73. The van der Waals surface area contributed by atoms with E-state index < -0.39 is 0 Å². The Hall–Kier alpha value is -2.19. The molecule has 1 aromatic carbocycles. The molecule has 1 aromatic heterocycles. The van der Waals surface area contributed by atoms with E-state index in [1.165, 1.54) is 0 Å². The minimum Gasteiger partial charge on any atom is -0.382 e. The van der Waals surface area contributed by atoms with Crippen molar-refractivity contribution in [3.63, 3.8) is 0 Å². The fourth-order valence-corrected chi connectivity index (χ4v) is 1.94. The summed E-state index contributed by atoms with van der Waals surface area (Å²) in [5.74, 6) is 0. The van der Waals surface area contributed by atoms with E-state index in [4.69, 9.17) is 10.00 Å². The van der Waals surface area contributed by atoms with Crippen LogP contribution in [-0.4, -0.2) is 30.0 Å². The van der Waals surface area contributed by atoms with Crippen molar-refractivity contribution < 1.29 is 4.74 Å². The van der Waals surface area contributed by atoms with E-state index >= 15 is 0 Å². The molecule has 0 aliphatic heterocycles. The molecule has 1 heterocycles. The molecular weight excluding hydrogens is 252 g/mol. The van der Waals surface area contributed by atoms with Crippen LogP contribution in [0.15, 0.2) is 24.3 Å². The van der Waals surface area contributed by atoms with Crippen LogP contribution in [0.5, 0.6) is 0 Å². The lowest BCUT2D eigenvalue weighted by molar-refractivity contribution is 0.134. The van der Waals surface area contributed by atoms with Crippen molar-refractivity contribution in [1.82, 2.24) is 10.2 Å². The zero-order chi connectivity index (χ0) is 14.2. The van der Waals surface area contributed by atoms with Gasteiger partial charge in [-0.15, -0.1) is 10.2 Å². The van der Waals surface area contributed by atoms with Crippen LogP contribution in [-0.2, 0) is 4.74 Å². The van der Waals surface area contributed by atoms with E-state index in [-0.39, 0.29) is 0 Å². The maximum atomic E-state index is 9.13. The van der Waals surface area contributed by atoms with Gasteiger partial charge in [0.25, 0.3) is 0 Å². The van der Waals surface area contributed by atoms with Crippen molar-refractivity contribution in [2.24, 2.45) is 0 Å². The monoisotopic (exact) mass is 270 g/mol. The number of rotatable bonds is 7. The second kappa shape index (κ2) is 7.41. The number of ether oxygens (including phenoxy) is 1. The highest BCUT2D eigenvalue weighted by molar-refractivity contribution is 5.92. The number of hydrogen-bond donors (Lipinski definition) is 1. The zero-order valence-corrected chi connectivity index (χ0v) is 11.6. The second-order valence-corrected chi connectivity index (χ2v) is 4.45. The molecule has 0 aliphatic carbocycles. The molecule has 0 fully saturated rings. The molecule has 0 spiro atoms. The van der Waals surface area contributed by atoms with E-state index in [1.807, 2.05) is 24.3 Å². The Balaban J connectivity index is 2.06. The number of nitrogens with one attached hydrogen (secondary N) is 1. The molecule has 0 saturated carbocycles. The smallest absolute Gasteiger partial charge is 0.186 e. The molecule has 104 valence electrons. The van der Waals surface area contributed by atoms with E-state index in [0.29, 0.717) is 5.69 Å². The van der Waals surface area contributed by atoms with Gasteiger partial charge in [0, 0.05) is 25.1 Å². The second-order valence-electron chi connectivity index (χ2n) is 4.45. The fraction of sp³-hybridized carbons (Fsp3) is 0.400. The summed E-state index contributed by atoms with van der Waals surface area (Å²) >= 11 is 0. The number of anilines is 1. The summed E-state index contributed by atoms with van der Waals surface area (Å²) in [4.78, 5) is 0. The SMILES string of the molecule is CCCOCCCNc1c(C#N)nnc2ccccc12. The van der Waals surface area contributed by atoms with Crippen LogP contribution >= 0.6 is 0 Å². The quantitative estimate of drug-likeness (QED) is 0.783. The summed E-state index contributed by atoms with van der Waals surface area (Å²) in [6.07, 6.45) is 1.92. The summed E-state index contributed by atoms with van der Waals surface area (Å²) in [5, 5.41) is 21.3. The summed E-state index contributed by atoms with van der Waals surface area (Å²) in [7, 11) is 0. The van der Waals surface area contributed by atoms with Crippen LogP contribution < -0.4 is 5.32 Å². The Morgan fingerprint density at radius 2 is 2.10 bits per heavy atom. The van der Waals surface area contributed by atoms with Gasteiger partial charge in [-0.25, -0.2) is 0 Å². The lowest BCUT2D eigenvalue weighted by Crippen LogP contribution is -2.09. The molecule has 2 aromatic rings. The molecule has 5 heteroatoms. The number of aromatic nitrogens is 2. The first-order valence-corrected chi connectivity index (χ1v) is 6.84. The summed E-state index contributed by atoms with van der Waals surface area (Å²) < 4.78 is 5.43. The average Bonchev–Trinajstić information content (AvgIpc) is 2.50. The highest BCUT2D eigenvalue weighted by atomic mass is 16.5. The third-order valence-corrected chi connectivity index (χ3v) is 2.89. The molecule has 0 aliphatic rings. The Bertz CT molecular complexity index is 606. The van der Waals surface area contributed by atoms with Crippen LogP contribution in [0.4, 0.5) is 5.69 Å². The van der Waals surface area contributed by atoms with Crippen LogP contribution in [0.3, 0.4) is 0 Å². The highest BCUT2D eigenvalue weighted by Gasteiger charge is 2.09. The van der Waals surface area contributed by atoms with Gasteiger partial charge in [0.2, 0.25) is 0 Å². The van der Waals surface area contributed by atoms with E-state index in [9.17, 15) is 0 Å². The Morgan fingerprint density at radius 1 is 1.25 bits per heavy atom. The van der Waals surface area contributed by atoms with Crippen LogP contribution in [0, 0.1) is 11.3 Å². The summed E-state index contributed by atoms with van der Waals surface area (Å²) in [5.41, 5.74) is 1.88. The summed E-state index contributed by atoms with van der Waals surface area (Å²) in [6.45, 7) is 4.35. The fourth-order valence-electron chi connectivity index (χ4n) is 1.94. The van der Waals surface area contributed by atoms with Crippen molar-refractivity contribution in [1.29, 1.82) is 5.26 Å². The van der Waals surface area contributed by atoms with Gasteiger partial charge >= 0.3 is 0 Å². The average molecular weight is 270 g/mol. The number of nitrogens with zero attached hydrogens (tertiary/aromatic N) is 3. The lowest BCUT2D eigenvalue weighted by Gasteiger charge is -2.10. The molecule has 0 amide bonds. The minimum absolute atomic E-state index is 0.332. The van der Waals surface area contributed by atoms with E-state index in [2.05, 4.69) is 28.5 Å². The van der Waals surface area contributed by atoms with Gasteiger partial charge < -0.3 is 10.1 Å². The molecule has 20 heavy (non-hydrogen) atoms. The molecule has 0 atom stereocenters. The molecule has 0 saturated heterocycles. The first kappa shape index (κ1) is 14.2. The van der Waals surface area contributed by atoms with Gasteiger partial charge in [0.05, 0.1) is 11.2 Å². The minimum atomic E-state index is 0.332. The van der Waals surface area contributed by atoms with E-state index in [0.717, 1.165) is 49.2 Å². The van der Waals surface area contributed by atoms with Gasteiger partial charge in [-0.1, -0.05) is 25.1 Å². The zero-order valence-electron chi connectivity index (χ0n) is 11.6. The molecule has 0 unspecified atom stereocenters. The largest absolute Gasteiger partial charge is 0.382 e. The molecule has 2 rings (SSSR count). The van der Waals surface area contributed by atoms with Crippen molar-refractivity contribution in [3.8, 4) is 6.07 Å². The number of benzene rings is 1. The standard InChI is InChI=1S/C15H18N4O/c1-2-9-20-10-5-8-17-15-12-6-3-4-7-13(12)18-19-14(15)11-16/h3-4,6-7H,2,5,8-10H2,1H3,(H,17,18). The third-order valence-electron chi connectivity index (χ3n) is 2.89. The molecule has 0 bridgehead atoms. The molecule has 5 nitrogen and oxygen atoms in total. The number of fused-ring (bicyclic) bond motifs is 1. The van der Waals surface area contributed by atoms with Crippen LogP contribution in [0.1, 0.15) is 25.5 Å². The molecular formula is C15H18N4O. The Morgan fingerprint density at radius 3 is 2.90 bits per heavy atom. The topological polar surface area (TPSA) is 70.8 Å². The van der Waals surface area contributed by atoms with Crippen molar-refractivity contribution >= 4 is 16.6 Å². The first-order chi connectivity index (χ1) is 9.86. The highest BCUT2D eigenvalue weighted by Crippen LogP contribution is 2.23. The van der Waals surface area contributed by atoms with Crippen LogP contribution in [0.2, 0.25) is 0 Å². The van der Waals surface area contributed by atoms with Crippen molar-refractivity contribution in [2.75, 3.05) is 25.1 Å². The maximum Gasteiger partial charge on any atom is 0.186 e.